The van der Waals surface area contributed by atoms with Gasteiger partial charge in [0.05, 0.1) is 5.60 Å². The van der Waals surface area contributed by atoms with Crippen LogP contribution in [-0.4, -0.2) is 32.2 Å². The third-order valence-corrected chi connectivity index (χ3v) is 4.46. The SMILES string of the molecule is CC1(C)CCC(O)(CNc2ccc3nccnc3n2)CC1. The molecular weight excluding hydrogens is 264 g/mol. The molecule has 0 aliphatic heterocycles. The van der Waals surface area contributed by atoms with Crippen molar-refractivity contribution in [2.45, 2.75) is 45.1 Å². The zero-order chi connectivity index (χ0) is 14.9. The van der Waals surface area contributed by atoms with E-state index in [0.717, 1.165) is 37.0 Å². The number of hydrogen-bond acceptors (Lipinski definition) is 5. The number of fused-ring (bicyclic) bond motifs is 1. The van der Waals surface area contributed by atoms with Crippen LogP contribution >= 0.6 is 0 Å². The number of hydrogen-bond donors (Lipinski definition) is 2. The summed E-state index contributed by atoms with van der Waals surface area (Å²) in [5.74, 6) is 0.737. The van der Waals surface area contributed by atoms with Gasteiger partial charge in [0.15, 0.2) is 5.65 Å². The third-order valence-electron chi connectivity index (χ3n) is 4.46. The molecule has 1 saturated carbocycles. The van der Waals surface area contributed by atoms with Crippen LogP contribution < -0.4 is 5.32 Å². The topological polar surface area (TPSA) is 70.9 Å². The van der Waals surface area contributed by atoms with Gasteiger partial charge in [-0.05, 0) is 43.2 Å². The number of aromatic nitrogens is 3. The van der Waals surface area contributed by atoms with Gasteiger partial charge in [-0.3, -0.25) is 4.98 Å². The molecule has 0 aromatic carbocycles. The van der Waals surface area contributed by atoms with Gasteiger partial charge in [-0.1, -0.05) is 13.8 Å². The van der Waals surface area contributed by atoms with Gasteiger partial charge >= 0.3 is 0 Å². The average Bonchev–Trinajstić information content (AvgIpc) is 2.49. The molecule has 2 N–H and O–H groups in total. The summed E-state index contributed by atoms with van der Waals surface area (Å²) in [5, 5.41) is 13.9. The van der Waals surface area contributed by atoms with E-state index < -0.39 is 5.60 Å². The van der Waals surface area contributed by atoms with Crippen molar-refractivity contribution >= 4 is 17.0 Å². The van der Waals surface area contributed by atoms with Gasteiger partial charge < -0.3 is 10.4 Å². The highest BCUT2D eigenvalue weighted by Crippen LogP contribution is 2.40. The Kier molecular flexibility index (Phi) is 3.53. The summed E-state index contributed by atoms with van der Waals surface area (Å²) in [6.07, 6.45) is 7.07. The predicted molar refractivity (Wildman–Crippen MR) is 83.0 cm³/mol. The van der Waals surface area contributed by atoms with Crippen LogP contribution in [0, 0.1) is 5.41 Å². The van der Waals surface area contributed by atoms with E-state index in [1.54, 1.807) is 12.4 Å². The lowest BCUT2D eigenvalue weighted by Gasteiger charge is -2.40. The molecule has 0 unspecified atom stereocenters. The van der Waals surface area contributed by atoms with Crippen LogP contribution in [0.25, 0.3) is 11.2 Å². The van der Waals surface area contributed by atoms with Crippen molar-refractivity contribution in [3.63, 3.8) is 0 Å². The minimum atomic E-state index is -0.630. The standard InChI is InChI=1S/C16H22N4O/c1-15(2)5-7-16(21,8-6-15)11-19-13-4-3-12-14(20-13)18-10-9-17-12/h3-4,9-10,21H,5-8,11H2,1-2H3,(H,18,19,20). The van der Waals surface area contributed by atoms with Crippen LogP contribution in [0.1, 0.15) is 39.5 Å². The van der Waals surface area contributed by atoms with Crippen molar-refractivity contribution < 1.29 is 5.11 Å². The Bertz CT molecular complexity index is 631. The number of aliphatic hydroxyl groups is 1. The third kappa shape index (κ3) is 3.29. The first-order valence-corrected chi connectivity index (χ1v) is 7.50. The largest absolute Gasteiger partial charge is 0.388 e. The Balaban J connectivity index is 1.66. The second-order valence-electron chi connectivity index (χ2n) is 6.84. The Morgan fingerprint density at radius 1 is 1.10 bits per heavy atom. The van der Waals surface area contributed by atoms with Crippen LogP contribution in [0.4, 0.5) is 5.82 Å². The van der Waals surface area contributed by atoms with Crippen molar-refractivity contribution in [1.82, 2.24) is 15.0 Å². The lowest BCUT2D eigenvalue weighted by Crippen LogP contribution is -2.42. The second kappa shape index (κ2) is 5.22. The Morgan fingerprint density at radius 2 is 1.81 bits per heavy atom. The fourth-order valence-electron chi connectivity index (χ4n) is 2.78. The molecule has 112 valence electrons. The van der Waals surface area contributed by atoms with Crippen molar-refractivity contribution in [2.75, 3.05) is 11.9 Å². The predicted octanol–water partition coefficient (Wildman–Crippen LogP) is 2.77. The molecule has 2 aromatic rings. The van der Waals surface area contributed by atoms with E-state index in [2.05, 4.69) is 34.1 Å². The van der Waals surface area contributed by atoms with Gasteiger partial charge in [0.25, 0.3) is 0 Å². The quantitative estimate of drug-likeness (QED) is 0.908. The van der Waals surface area contributed by atoms with E-state index in [4.69, 9.17) is 0 Å². The first kappa shape index (κ1) is 14.2. The van der Waals surface area contributed by atoms with Crippen LogP contribution in [0.3, 0.4) is 0 Å². The maximum absolute atomic E-state index is 10.7. The molecule has 21 heavy (non-hydrogen) atoms. The molecular formula is C16H22N4O. The molecule has 1 aliphatic carbocycles. The monoisotopic (exact) mass is 286 g/mol. The lowest BCUT2D eigenvalue weighted by atomic mass is 9.71. The summed E-state index contributed by atoms with van der Waals surface area (Å²) >= 11 is 0. The van der Waals surface area contributed by atoms with Crippen LogP contribution in [0.2, 0.25) is 0 Å². The molecule has 5 nitrogen and oxygen atoms in total. The molecule has 2 aromatic heterocycles. The normalized spacial score (nSPS) is 20.3. The molecule has 1 aliphatic rings. The minimum Gasteiger partial charge on any atom is -0.388 e. The van der Waals surface area contributed by atoms with E-state index in [1.165, 1.54) is 0 Å². The fraction of sp³-hybridized carbons (Fsp3) is 0.562. The molecule has 0 amide bonds. The highest BCUT2D eigenvalue weighted by atomic mass is 16.3. The van der Waals surface area contributed by atoms with Gasteiger partial charge in [-0.2, -0.15) is 0 Å². The Labute approximate surface area is 124 Å². The summed E-state index contributed by atoms with van der Waals surface area (Å²) < 4.78 is 0. The van der Waals surface area contributed by atoms with E-state index in [9.17, 15) is 5.11 Å². The van der Waals surface area contributed by atoms with Crippen molar-refractivity contribution in [2.24, 2.45) is 5.41 Å². The molecule has 3 rings (SSSR count). The number of anilines is 1. The number of rotatable bonds is 3. The minimum absolute atomic E-state index is 0.350. The highest BCUT2D eigenvalue weighted by molar-refractivity contribution is 5.71. The van der Waals surface area contributed by atoms with Gasteiger partial charge in [0, 0.05) is 18.9 Å². The summed E-state index contributed by atoms with van der Waals surface area (Å²) in [6, 6.07) is 3.78. The van der Waals surface area contributed by atoms with Crippen molar-refractivity contribution in [3.8, 4) is 0 Å². The zero-order valence-corrected chi connectivity index (χ0v) is 12.6. The van der Waals surface area contributed by atoms with Crippen LogP contribution in [-0.2, 0) is 0 Å². The average molecular weight is 286 g/mol. The number of pyridine rings is 1. The van der Waals surface area contributed by atoms with Gasteiger partial charge in [0.2, 0.25) is 0 Å². The number of nitrogens with zero attached hydrogens (tertiary/aromatic N) is 3. The molecule has 0 spiro atoms. The lowest BCUT2D eigenvalue weighted by molar-refractivity contribution is -0.0145. The molecule has 1 fully saturated rings. The summed E-state index contributed by atoms with van der Waals surface area (Å²) in [6.45, 7) is 5.06. The summed E-state index contributed by atoms with van der Waals surface area (Å²) in [4.78, 5) is 12.8. The number of nitrogens with one attached hydrogen (secondary N) is 1. The summed E-state index contributed by atoms with van der Waals surface area (Å²) in [7, 11) is 0. The second-order valence-corrected chi connectivity index (χ2v) is 6.84. The van der Waals surface area contributed by atoms with E-state index in [1.807, 2.05) is 12.1 Å². The molecule has 0 radical (unpaired) electrons. The molecule has 0 bridgehead atoms. The van der Waals surface area contributed by atoms with E-state index >= 15 is 0 Å². The van der Waals surface area contributed by atoms with Crippen LogP contribution in [0.15, 0.2) is 24.5 Å². The zero-order valence-electron chi connectivity index (χ0n) is 12.6. The van der Waals surface area contributed by atoms with Crippen molar-refractivity contribution in [3.05, 3.63) is 24.5 Å². The summed E-state index contributed by atoms with van der Waals surface area (Å²) in [5.41, 5.74) is 1.12. The van der Waals surface area contributed by atoms with Gasteiger partial charge in [-0.25, -0.2) is 9.97 Å². The Morgan fingerprint density at radius 3 is 2.57 bits per heavy atom. The maximum Gasteiger partial charge on any atom is 0.180 e. The van der Waals surface area contributed by atoms with E-state index in [-0.39, 0.29) is 0 Å². The van der Waals surface area contributed by atoms with E-state index in [0.29, 0.717) is 17.6 Å². The first-order valence-electron chi connectivity index (χ1n) is 7.50. The van der Waals surface area contributed by atoms with Crippen molar-refractivity contribution in [1.29, 1.82) is 0 Å². The fourth-order valence-corrected chi connectivity index (χ4v) is 2.78. The van der Waals surface area contributed by atoms with Crippen LogP contribution in [0.5, 0.6) is 0 Å². The Hall–Kier alpha value is -1.75. The van der Waals surface area contributed by atoms with Gasteiger partial charge in [0.1, 0.15) is 11.3 Å². The smallest absolute Gasteiger partial charge is 0.180 e. The molecule has 2 heterocycles. The first-order chi connectivity index (χ1) is 9.96. The maximum atomic E-state index is 10.7. The molecule has 0 saturated heterocycles. The highest BCUT2D eigenvalue weighted by Gasteiger charge is 2.36. The molecule has 5 heteroatoms. The van der Waals surface area contributed by atoms with Gasteiger partial charge in [-0.15, -0.1) is 0 Å². The molecule has 0 atom stereocenters.